The molecule has 0 radical (unpaired) electrons. The van der Waals surface area contributed by atoms with Crippen molar-refractivity contribution in [3.63, 3.8) is 0 Å². The molecule has 0 saturated carbocycles. The molecule has 3 heterocycles. The number of aromatic nitrogens is 2. The van der Waals surface area contributed by atoms with Gasteiger partial charge in [-0.1, -0.05) is 29.2 Å². The predicted molar refractivity (Wildman–Crippen MR) is 142 cm³/mol. The lowest BCUT2D eigenvalue weighted by atomic mass is 9.75. The summed E-state index contributed by atoms with van der Waals surface area (Å²) in [4.78, 5) is 4.44. The molecule has 0 spiro atoms. The number of nitrogens with one attached hydrogen (secondary N) is 2. The highest BCUT2D eigenvalue weighted by Crippen LogP contribution is 2.45. The normalized spacial score (nSPS) is 21.2. The zero-order valence-electron chi connectivity index (χ0n) is 20.3. The van der Waals surface area contributed by atoms with E-state index in [1.807, 2.05) is 6.20 Å². The van der Waals surface area contributed by atoms with E-state index in [0.717, 1.165) is 49.9 Å². The van der Waals surface area contributed by atoms with Gasteiger partial charge in [0.1, 0.15) is 13.7 Å². The zero-order valence-corrected chi connectivity index (χ0v) is 21.0. The third-order valence-corrected chi connectivity index (χ3v) is 7.55. The minimum absolute atomic E-state index is 0.314. The molecule has 1 saturated heterocycles. The molecule has 1 aromatic carbocycles. The highest BCUT2D eigenvalue weighted by molar-refractivity contribution is 6.30. The lowest BCUT2D eigenvalue weighted by Gasteiger charge is -2.39. The Labute approximate surface area is 208 Å². The Morgan fingerprint density at radius 1 is 1.29 bits per heavy atom. The SMILES string of the molecule is BC1=CC2=C(NC1)C(C1CCN(NBOC)CC1)c1ccc(Cl)cc1C(Cn1ccnc1C)=C2. The van der Waals surface area contributed by atoms with Crippen LogP contribution in [0.3, 0.4) is 0 Å². The monoisotopic (exact) mass is 475 g/mol. The summed E-state index contributed by atoms with van der Waals surface area (Å²) < 4.78 is 7.42. The standard InChI is InChI=1S/C25H32B2ClN5O/c1-16-29-7-10-32(16)15-19-11-18-12-20(26)14-30-25(18)24(22-4-3-21(28)13-23(19)22)17-5-8-33(9-6-17)31-27-34-2/h3-4,7,10-13,17,24,27,30-31H,5-6,8-9,14-15,26H2,1-2H3. The van der Waals surface area contributed by atoms with Gasteiger partial charge in [-0.3, -0.25) is 10.3 Å². The number of aryl methyl sites for hydroxylation is 1. The molecule has 0 amide bonds. The van der Waals surface area contributed by atoms with Gasteiger partial charge in [0, 0.05) is 62.3 Å². The molecule has 3 aliphatic rings. The van der Waals surface area contributed by atoms with Crippen LogP contribution in [0.1, 0.15) is 35.7 Å². The number of imidazole rings is 1. The average Bonchev–Trinajstić information content (AvgIpc) is 3.18. The molecule has 1 aliphatic carbocycles. The van der Waals surface area contributed by atoms with E-state index in [1.54, 1.807) is 7.11 Å². The summed E-state index contributed by atoms with van der Waals surface area (Å²) in [5.41, 5.74) is 7.92. The van der Waals surface area contributed by atoms with E-state index in [1.165, 1.54) is 33.4 Å². The van der Waals surface area contributed by atoms with Crippen LogP contribution in [0, 0.1) is 12.8 Å². The van der Waals surface area contributed by atoms with Crippen molar-refractivity contribution in [2.75, 3.05) is 26.7 Å². The van der Waals surface area contributed by atoms with E-state index in [4.69, 9.17) is 16.3 Å². The van der Waals surface area contributed by atoms with Gasteiger partial charge >= 0.3 is 7.62 Å². The lowest BCUT2D eigenvalue weighted by Crippen LogP contribution is -2.47. The van der Waals surface area contributed by atoms with Crippen molar-refractivity contribution in [3.8, 4) is 0 Å². The maximum absolute atomic E-state index is 6.57. The Balaban J connectivity index is 1.56. The fourth-order valence-electron chi connectivity index (χ4n) is 5.56. The van der Waals surface area contributed by atoms with Gasteiger partial charge in [-0.2, -0.15) is 0 Å². The Morgan fingerprint density at radius 2 is 2.12 bits per heavy atom. The second kappa shape index (κ2) is 10.2. The summed E-state index contributed by atoms with van der Waals surface area (Å²) in [5, 5.41) is 10.3. The number of hydrazine groups is 1. The van der Waals surface area contributed by atoms with E-state index in [0.29, 0.717) is 19.5 Å². The van der Waals surface area contributed by atoms with Gasteiger partial charge < -0.3 is 14.5 Å². The van der Waals surface area contributed by atoms with E-state index >= 15 is 0 Å². The molecule has 1 atom stereocenters. The number of benzene rings is 1. The first-order chi connectivity index (χ1) is 16.5. The van der Waals surface area contributed by atoms with Crippen LogP contribution in [0.5, 0.6) is 0 Å². The van der Waals surface area contributed by atoms with Crippen LogP contribution in [0.25, 0.3) is 5.57 Å². The number of halogens is 1. The summed E-state index contributed by atoms with van der Waals surface area (Å²) in [7, 11) is 4.48. The lowest BCUT2D eigenvalue weighted by molar-refractivity contribution is 0.144. The molecule has 34 heavy (non-hydrogen) atoms. The van der Waals surface area contributed by atoms with Crippen molar-refractivity contribution in [3.05, 3.63) is 81.5 Å². The molecule has 2 aliphatic heterocycles. The predicted octanol–water partition coefficient (Wildman–Crippen LogP) is 2.53. The van der Waals surface area contributed by atoms with Crippen LogP contribution < -0.4 is 10.7 Å². The summed E-state index contributed by atoms with van der Waals surface area (Å²) in [6, 6.07) is 6.47. The van der Waals surface area contributed by atoms with Gasteiger partial charge in [0.25, 0.3) is 0 Å². The van der Waals surface area contributed by atoms with Crippen LogP contribution in [0.15, 0.2) is 59.5 Å². The van der Waals surface area contributed by atoms with E-state index < -0.39 is 0 Å². The maximum atomic E-state index is 6.57. The molecule has 2 aromatic rings. The van der Waals surface area contributed by atoms with Crippen molar-refractivity contribution in [1.29, 1.82) is 0 Å². The summed E-state index contributed by atoms with van der Waals surface area (Å²) >= 11 is 6.57. The molecule has 6 nitrogen and oxygen atoms in total. The average molecular weight is 476 g/mol. The third kappa shape index (κ3) is 4.78. The molecule has 9 heteroatoms. The Bertz CT molecular complexity index is 1150. The molecule has 1 aromatic heterocycles. The molecule has 0 bridgehead atoms. The zero-order chi connectivity index (χ0) is 23.7. The largest absolute Gasteiger partial charge is 0.426 e. The second-order valence-electron chi connectivity index (χ2n) is 9.61. The highest BCUT2D eigenvalue weighted by Gasteiger charge is 2.35. The number of hydrogen-bond donors (Lipinski definition) is 2. The molecular weight excluding hydrogens is 443 g/mol. The quantitative estimate of drug-likeness (QED) is 0.629. The maximum Gasteiger partial charge on any atom is 0.374 e. The van der Waals surface area contributed by atoms with Gasteiger partial charge in [-0.25, -0.2) is 4.98 Å². The van der Waals surface area contributed by atoms with E-state index in [-0.39, 0.29) is 0 Å². The van der Waals surface area contributed by atoms with Crippen LogP contribution in [0.4, 0.5) is 0 Å². The first-order valence-corrected chi connectivity index (χ1v) is 12.5. The number of piperidine rings is 1. The van der Waals surface area contributed by atoms with Crippen LogP contribution >= 0.6 is 11.6 Å². The number of rotatable bonds is 6. The molecule has 176 valence electrons. The Kier molecular flexibility index (Phi) is 7.02. The van der Waals surface area contributed by atoms with E-state index in [9.17, 15) is 0 Å². The van der Waals surface area contributed by atoms with Gasteiger partial charge in [-0.05, 0) is 66.2 Å². The number of nitrogens with zero attached hydrogens (tertiary/aromatic N) is 3. The van der Waals surface area contributed by atoms with Crippen molar-refractivity contribution >= 4 is 32.6 Å². The number of hydrogen-bond acceptors (Lipinski definition) is 5. The molecule has 1 unspecified atom stereocenters. The fourth-order valence-corrected chi connectivity index (χ4v) is 5.73. The summed E-state index contributed by atoms with van der Waals surface area (Å²) in [5.74, 6) is 1.88. The Morgan fingerprint density at radius 3 is 2.85 bits per heavy atom. The van der Waals surface area contributed by atoms with E-state index in [2.05, 4.69) is 76.5 Å². The first kappa shape index (κ1) is 23.5. The minimum Gasteiger partial charge on any atom is -0.426 e. The molecule has 1 fully saturated rings. The van der Waals surface area contributed by atoms with Crippen molar-refractivity contribution in [2.24, 2.45) is 5.92 Å². The highest BCUT2D eigenvalue weighted by atomic mass is 35.5. The van der Waals surface area contributed by atoms with Crippen LogP contribution in [-0.4, -0.2) is 56.8 Å². The number of allylic oxidation sites excluding steroid dienone is 5. The summed E-state index contributed by atoms with van der Waals surface area (Å²) in [6.07, 6.45) is 10.9. The fraction of sp³-hybridized carbons (Fsp3) is 0.400. The smallest absolute Gasteiger partial charge is 0.374 e. The van der Waals surface area contributed by atoms with Crippen molar-refractivity contribution in [1.82, 2.24) is 25.2 Å². The number of fused-ring (bicyclic) bond motifs is 1. The van der Waals surface area contributed by atoms with Gasteiger partial charge in [-0.15, -0.1) is 0 Å². The van der Waals surface area contributed by atoms with Gasteiger partial charge in [0.05, 0.1) is 0 Å². The van der Waals surface area contributed by atoms with Gasteiger partial charge in [0.15, 0.2) is 0 Å². The van der Waals surface area contributed by atoms with Crippen molar-refractivity contribution < 1.29 is 4.65 Å². The minimum atomic E-state index is 0.314. The second-order valence-corrected chi connectivity index (χ2v) is 10.0. The summed E-state index contributed by atoms with van der Waals surface area (Å²) in [6.45, 7) is 5.76. The van der Waals surface area contributed by atoms with Crippen LogP contribution in [-0.2, 0) is 11.2 Å². The van der Waals surface area contributed by atoms with Crippen LogP contribution in [0.2, 0.25) is 5.02 Å². The third-order valence-electron chi connectivity index (χ3n) is 7.32. The topological polar surface area (TPSA) is 54.4 Å². The molecule has 5 rings (SSSR count). The molecular formula is C25H32B2ClN5O. The Hall–Kier alpha value is -2.25. The molecule has 2 N–H and O–H groups in total. The van der Waals surface area contributed by atoms with Gasteiger partial charge in [0.2, 0.25) is 0 Å². The number of dihydropyridines is 1. The van der Waals surface area contributed by atoms with Crippen molar-refractivity contribution in [2.45, 2.75) is 32.2 Å². The first-order valence-electron chi connectivity index (χ1n) is 12.1.